The average Bonchev–Trinajstić information content (AvgIpc) is 2.54. The van der Waals surface area contributed by atoms with Crippen molar-refractivity contribution in [2.75, 3.05) is 7.11 Å². The maximum Gasteiger partial charge on any atom is 0.403 e. The largest absolute Gasteiger partial charge is 0.497 e. The van der Waals surface area contributed by atoms with Crippen LogP contribution in [0, 0.1) is 5.82 Å². The molecule has 2 nitrogen and oxygen atoms in total. The lowest BCUT2D eigenvalue weighted by Crippen LogP contribution is -2.47. The van der Waals surface area contributed by atoms with Gasteiger partial charge in [-0.2, -0.15) is 13.2 Å². The molecule has 0 unspecified atom stereocenters. The van der Waals surface area contributed by atoms with Crippen molar-refractivity contribution >= 4 is 23.5 Å². The van der Waals surface area contributed by atoms with Crippen LogP contribution in [0.3, 0.4) is 0 Å². The van der Waals surface area contributed by atoms with E-state index < -0.39 is 23.8 Å². The third kappa shape index (κ3) is 2.65. The Labute approximate surface area is 140 Å². The van der Waals surface area contributed by atoms with Crippen molar-refractivity contribution in [3.05, 3.63) is 58.4 Å². The molecular formula is C17H12ClF4NO. The zero-order valence-electron chi connectivity index (χ0n) is 12.5. The number of methoxy groups -OCH3 is 1. The number of fused-ring (bicyclic) bond motifs is 1. The van der Waals surface area contributed by atoms with Gasteiger partial charge in [0.1, 0.15) is 17.0 Å². The van der Waals surface area contributed by atoms with E-state index in [1.807, 2.05) is 0 Å². The third-order valence-electron chi connectivity index (χ3n) is 4.13. The molecule has 0 spiro atoms. The monoisotopic (exact) mass is 357 g/mol. The van der Waals surface area contributed by atoms with Crippen LogP contribution in [-0.4, -0.2) is 19.5 Å². The van der Waals surface area contributed by atoms with Crippen molar-refractivity contribution in [3.63, 3.8) is 0 Å². The molecule has 1 aliphatic rings. The molecule has 0 saturated heterocycles. The highest BCUT2D eigenvalue weighted by atomic mass is 35.5. The maximum absolute atomic E-state index is 13.9. The van der Waals surface area contributed by atoms with Crippen LogP contribution in [0.2, 0.25) is 5.02 Å². The van der Waals surface area contributed by atoms with Crippen LogP contribution in [0.1, 0.15) is 11.1 Å². The van der Waals surface area contributed by atoms with Gasteiger partial charge in [0, 0.05) is 6.21 Å². The first-order valence-electron chi connectivity index (χ1n) is 7.01. The SMILES string of the molecule is COc1ccc([C@@]2(C(F)(F)F)C=Nc3cc(Cl)c(F)cc3C2)cc1. The molecule has 1 heterocycles. The minimum absolute atomic E-state index is 0.0144. The molecule has 126 valence electrons. The van der Waals surface area contributed by atoms with Crippen molar-refractivity contribution in [1.29, 1.82) is 0 Å². The smallest absolute Gasteiger partial charge is 0.403 e. The molecule has 1 aliphatic heterocycles. The van der Waals surface area contributed by atoms with Crippen LogP contribution in [0.4, 0.5) is 23.2 Å². The summed E-state index contributed by atoms with van der Waals surface area (Å²) in [6.45, 7) is 0. The summed E-state index contributed by atoms with van der Waals surface area (Å²) in [6.07, 6.45) is -4.18. The number of hydrogen-bond donors (Lipinski definition) is 0. The van der Waals surface area contributed by atoms with Gasteiger partial charge in [0.05, 0.1) is 17.8 Å². The van der Waals surface area contributed by atoms with E-state index in [2.05, 4.69) is 4.99 Å². The lowest BCUT2D eigenvalue weighted by atomic mass is 9.74. The van der Waals surface area contributed by atoms with E-state index in [0.29, 0.717) is 5.75 Å². The lowest BCUT2D eigenvalue weighted by Gasteiger charge is -2.35. The molecule has 24 heavy (non-hydrogen) atoms. The number of hydrogen-bond acceptors (Lipinski definition) is 2. The molecule has 0 aliphatic carbocycles. The van der Waals surface area contributed by atoms with Gasteiger partial charge in [-0.15, -0.1) is 0 Å². The van der Waals surface area contributed by atoms with Gasteiger partial charge in [-0.05, 0) is 41.8 Å². The lowest BCUT2D eigenvalue weighted by molar-refractivity contribution is -0.168. The standard InChI is InChI=1S/C17H12ClF4NO/c1-24-12-4-2-11(3-5-12)16(17(20,21)22)8-10-6-14(19)13(18)7-15(10)23-9-16/h2-7,9H,8H2,1H3/t16-/m0/s1. The van der Waals surface area contributed by atoms with E-state index in [9.17, 15) is 17.6 Å². The summed E-state index contributed by atoms with van der Waals surface area (Å²) >= 11 is 5.67. The number of ether oxygens (including phenoxy) is 1. The second-order valence-electron chi connectivity index (χ2n) is 5.53. The predicted octanol–water partition coefficient (Wildman–Crippen LogP) is 5.25. The van der Waals surface area contributed by atoms with Crippen LogP contribution in [0.5, 0.6) is 5.75 Å². The predicted molar refractivity (Wildman–Crippen MR) is 84.0 cm³/mol. The van der Waals surface area contributed by atoms with Gasteiger partial charge in [0.25, 0.3) is 0 Å². The molecule has 0 N–H and O–H groups in total. The molecule has 0 saturated carbocycles. The number of aliphatic imine (C=N–C) groups is 1. The summed E-state index contributed by atoms with van der Waals surface area (Å²) < 4.78 is 60.3. The zero-order chi connectivity index (χ0) is 17.5. The quantitative estimate of drug-likeness (QED) is 0.673. The van der Waals surface area contributed by atoms with Crippen molar-refractivity contribution < 1.29 is 22.3 Å². The Bertz CT molecular complexity index is 801. The minimum atomic E-state index is -4.60. The van der Waals surface area contributed by atoms with E-state index in [4.69, 9.17) is 16.3 Å². The second-order valence-corrected chi connectivity index (χ2v) is 5.93. The Hall–Kier alpha value is -2.08. The van der Waals surface area contributed by atoms with Crippen LogP contribution in [-0.2, 0) is 11.8 Å². The van der Waals surface area contributed by atoms with Crippen molar-refractivity contribution in [2.45, 2.75) is 18.0 Å². The summed E-state index contributed by atoms with van der Waals surface area (Å²) in [6, 6.07) is 7.84. The highest BCUT2D eigenvalue weighted by Gasteiger charge is 2.56. The zero-order valence-corrected chi connectivity index (χ0v) is 13.2. The summed E-state index contributed by atoms with van der Waals surface area (Å²) in [5, 5.41) is -0.171. The highest BCUT2D eigenvalue weighted by molar-refractivity contribution is 6.31. The number of halogens is 5. The molecule has 2 aromatic rings. The summed E-state index contributed by atoms with van der Waals surface area (Å²) in [5.41, 5.74) is -1.91. The number of benzene rings is 2. The molecule has 0 radical (unpaired) electrons. The van der Waals surface area contributed by atoms with Gasteiger partial charge < -0.3 is 4.74 Å². The molecule has 2 aromatic carbocycles. The maximum atomic E-state index is 13.9. The Morgan fingerprint density at radius 2 is 1.83 bits per heavy atom. The van der Waals surface area contributed by atoms with E-state index in [-0.39, 0.29) is 21.8 Å². The van der Waals surface area contributed by atoms with Crippen molar-refractivity contribution in [3.8, 4) is 5.75 Å². The van der Waals surface area contributed by atoms with Crippen molar-refractivity contribution in [2.24, 2.45) is 4.99 Å². The highest BCUT2D eigenvalue weighted by Crippen LogP contribution is 2.47. The van der Waals surface area contributed by atoms with E-state index in [0.717, 1.165) is 12.3 Å². The Morgan fingerprint density at radius 1 is 1.17 bits per heavy atom. The van der Waals surface area contributed by atoms with Gasteiger partial charge in [-0.25, -0.2) is 4.39 Å². The van der Waals surface area contributed by atoms with Gasteiger partial charge in [-0.1, -0.05) is 23.7 Å². The van der Waals surface area contributed by atoms with Crippen molar-refractivity contribution in [1.82, 2.24) is 0 Å². The summed E-state index contributed by atoms with van der Waals surface area (Å²) in [4.78, 5) is 3.91. The molecule has 0 amide bonds. The molecular weight excluding hydrogens is 346 g/mol. The van der Waals surface area contributed by atoms with Gasteiger partial charge in [-0.3, -0.25) is 4.99 Å². The Balaban J connectivity index is 2.14. The molecule has 0 aromatic heterocycles. The number of alkyl halides is 3. The minimum Gasteiger partial charge on any atom is -0.497 e. The fraction of sp³-hybridized carbons (Fsp3) is 0.235. The van der Waals surface area contributed by atoms with E-state index in [1.165, 1.54) is 37.4 Å². The molecule has 3 rings (SSSR count). The van der Waals surface area contributed by atoms with Gasteiger partial charge >= 0.3 is 6.18 Å². The molecule has 7 heteroatoms. The van der Waals surface area contributed by atoms with Crippen LogP contribution in [0.15, 0.2) is 41.4 Å². The van der Waals surface area contributed by atoms with Crippen LogP contribution >= 0.6 is 11.6 Å². The van der Waals surface area contributed by atoms with Crippen LogP contribution < -0.4 is 4.74 Å². The normalized spacial score (nSPS) is 19.9. The molecule has 0 fully saturated rings. The Kier molecular flexibility index (Phi) is 4.03. The first-order valence-corrected chi connectivity index (χ1v) is 7.39. The van der Waals surface area contributed by atoms with E-state index >= 15 is 0 Å². The van der Waals surface area contributed by atoms with Crippen LogP contribution in [0.25, 0.3) is 0 Å². The van der Waals surface area contributed by atoms with Gasteiger partial charge in [0.2, 0.25) is 0 Å². The summed E-state index contributed by atoms with van der Waals surface area (Å²) in [5.74, 6) is -0.319. The first-order chi connectivity index (χ1) is 11.3. The van der Waals surface area contributed by atoms with E-state index in [1.54, 1.807) is 0 Å². The number of nitrogens with zero attached hydrogens (tertiary/aromatic N) is 1. The Morgan fingerprint density at radius 3 is 2.42 bits per heavy atom. The third-order valence-corrected chi connectivity index (χ3v) is 4.42. The topological polar surface area (TPSA) is 21.6 Å². The fourth-order valence-corrected chi connectivity index (χ4v) is 2.93. The molecule has 1 atom stereocenters. The van der Waals surface area contributed by atoms with Gasteiger partial charge in [0.15, 0.2) is 0 Å². The summed E-state index contributed by atoms with van der Waals surface area (Å²) in [7, 11) is 1.43. The molecule has 0 bridgehead atoms. The second kappa shape index (κ2) is 5.77. The first kappa shape index (κ1) is 16.8. The number of rotatable bonds is 2. The fourth-order valence-electron chi connectivity index (χ4n) is 2.77. The average molecular weight is 358 g/mol.